The maximum Gasteiger partial charge on any atom is 0.169 e. The van der Waals surface area contributed by atoms with E-state index in [1.165, 1.54) is 22.7 Å². The van der Waals surface area contributed by atoms with E-state index < -0.39 is 0 Å². The van der Waals surface area contributed by atoms with Gasteiger partial charge >= 0.3 is 0 Å². The third-order valence-electron chi connectivity index (χ3n) is 2.23. The van der Waals surface area contributed by atoms with Crippen molar-refractivity contribution in [2.75, 3.05) is 5.75 Å². The number of hydrogen-bond acceptors (Lipinski definition) is 5. The van der Waals surface area contributed by atoms with Crippen LogP contribution < -0.4 is 5.73 Å². The molecule has 0 bridgehead atoms. The van der Waals surface area contributed by atoms with Gasteiger partial charge in [-0.15, -0.1) is 0 Å². The summed E-state index contributed by atoms with van der Waals surface area (Å²) in [6, 6.07) is 8.39. The molecule has 2 aromatic rings. The van der Waals surface area contributed by atoms with E-state index >= 15 is 0 Å². The molecule has 0 saturated heterocycles. The van der Waals surface area contributed by atoms with Gasteiger partial charge in [-0.1, -0.05) is 41.6 Å². The standard InChI is InChI=1S/C11H13N3S2/c1-8-2-4-9(5-3-8)10(12)6-15-11-13-7-14-16-11/h2-5,7,10H,6,12H2,1H3. The van der Waals surface area contributed by atoms with E-state index in [0.29, 0.717) is 0 Å². The van der Waals surface area contributed by atoms with Crippen LogP contribution in [0.2, 0.25) is 0 Å². The summed E-state index contributed by atoms with van der Waals surface area (Å²) in [7, 11) is 0. The Morgan fingerprint density at radius 2 is 2.12 bits per heavy atom. The predicted octanol–water partition coefficient (Wildman–Crippen LogP) is 2.64. The minimum Gasteiger partial charge on any atom is -0.323 e. The molecule has 0 fully saturated rings. The van der Waals surface area contributed by atoms with Crippen molar-refractivity contribution in [3.63, 3.8) is 0 Å². The van der Waals surface area contributed by atoms with Crippen LogP contribution >= 0.6 is 23.3 Å². The number of nitrogens with two attached hydrogens (primary N) is 1. The van der Waals surface area contributed by atoms with Crippen molar-refractivity contribution in [1.82, 2.24) is 9.36 Å². The fourth-order valence-corrected chi connectivity index (χ4v) is 2.76. The van der Waals surface area contributed by atoms with E-state index in [-0.39, 0.29) is 6.04 Å². The molecular weight excluding hydrogens is 238 g/mol. The fraction of sp³-hybridized carbons (Fsp3) is 0.273. The molecular formula is C11H13N3S2. The van der Waals surface area contributed by atoms with Crippen LogP contribution in [0, 0.1) is 6.92 Å². The molecule has 2 rings (SSSR count). The summed E-state index contributed by atoms with van der Waals surface area (Å²) < 4.78 is 4.93. The first-order valence-corrected chi connectivity index (χ1v) is 6.73. The highest BCUT2D eigenvalue weighted by atomic mass is 32.2. The van der Waals surface area contributed by atoms with Gasteiger partial charge in [-0.3, -0.25) is 0 Å². The number of nitrogens with zero attached hydrogens (tertiary/aromatic N) is 2. The predicted molar refractivity (Wildman–Crippen MR) is 68.7 cm³/mol. The van der Waals surface area contributed by atoms with Gasteiger partial charge in [0, 0.05) is 11.8 Å². The molecule has 1 aromatic heterocycles. The Kier molecular flexibility index (Phi) is 3.93. The zero-order chi connectivity index (χ0) is 11.4. The molecule has 0 aliphatic carbocycles. The summed E-state index contributed by atoms with van der Waals surface area (Å²) in [6.45, 7) is 2.07. The first-order valence-electron chi connectivity index (χ1n) is 4.97. The Morgan fingerprint density at radius 3 is 2.75 bits per heavy atom. The quantitative estimate of drug-likeness (QED) is 0.849. The van der Waals surface area contributed by atoms with Crippen molar-refractivity contribution in [2.45, 2.75) is 17.3 Å². The molecule has 3 nitrogen and oxygen atoms in total. The summed E-state index contributed by atoms with van der Waals surface area (Å²) in [4.78, 5) is 4.11. The molecule has 5 heteroatoms. The summed E-state index contributed by atoms with van der Waals surface area (Å²) in [5, 5.41) is 0. The average Bonchev–Trinajstić information content (AvgIpc) is 2.80. The van der Waals surface area contributed by atoms with E-state index in [1.807, 2.05) is 0 Å². The lowest BCUT2D eigenvalue weighted by Crippen LogP contribution is -2.12. The molecule has 1 heterocycles. The van der Waals surface area contributed by atoms with Crippen molar-refractivity contribution in [1.29, 1.82) is 0 Å². The molecule has 0 spiro atoms. The van der Waals surface area contributed by atoms with E-state index in [2.05, 4.69) is 40.5 Å². The van der Waals surface area contributed by atoms with Crippen LogP contribution in [0.4, 0.5) is 0 Å². The minimum atomic E-state index is 0.0505. The lowest BCUT2D eigenvalue weighted by molar-refractivity contribution is 0.830. The lowest BCUT2D eigenvalue weighted by Gasteiger charge is -2.10. The maximum absolute atomic E-state index is 6.10. The number of rotatable bonds is 4. The number of thioether (sulfide) groups is 1. The highest BCUT2D eigenvalue weighted by Gasteiger charge is 2.07. The monoisotopic (exact) mass is 251 g/mol. The zero-order valence-electron chi connectivity index (χ0n) is 8.96. The van der Waals surface area contributed by atoms with Gasteiger partial charge in [-0.25, -0.2) is 4.98 Å². The van der Waals surface area contributed by atoms with E-state index in [1.54, 1.807) is 18.1 Å². The van der Waals surface area contributed by atoms with Crippen molar-refractivity contribution in [3.8, 4) is 0 Å². The molecule has 1 aromatic carbocycles. The second kappa shape index (κ2) is 5.43. The maximum atomic E-state index is 6.10. The van der Waals surface area contributed by atoms with Crippen molar-refractivity contribution < 1.29 is 0 Å². The molecule has 84 valence electrons. The Bertz CT molecular complexity index is 425. The van der Waals surface area contributed by atoms with Gasteiger partial charge in [-0.05, 0) is 24.0 Å². The van der Waals surface area contributed by atoms with Gasteiger partial charge in [0.1, 0.15) is 6.33 Å². The molecule has 0 aliphatic rings. The lowest BCUT2D eigenvalue weighted by atomic mass is 10.1. The van der Waals surface area contributed by atoms with E-state index in [0.717, 1.165) is 10.1 Å². The second-order valence-electron chi connectivity index (χ2n) is 3.54. The van der Waals surface area contributed by atoms with Crippen molar-refractivity contribution >= 4 is 23.3 Å². The number of benzene rings is 1. The number of aromatic nitrogens is 2. The first-order chi connectivity index (χ1) is 7.75. The molecule has 0 amide bonds. The SMILES string of the molecule is Cc1ccc(C(N)CSc2ncns2)cc1. The molecule has 16 heavy (non-hydrogen) atoms. The number of aryl methyl sites for hydroxylation is 1. The minimum absolute atomic E-state index is 0.0505. The molecule has 1 unspecified atom stereocenters. The van der Waals surface area contributed by atoms with Crippen LogP contribution in [0.15, 0.2) is 34.9 Å². The average molecular weight is 251 g/mol. The molecule has 1 atom stereocenters. The topological polar surface area (TPSA) is 51.8 Å². The summed E-state index contributed by atoms with van der Waals surface area (Å²) in [6.07, 6.45) is 1.57. The largest absolute Gasteiger partial charge is 0.323 e. The van der Waals surface area contributed by atoms with E-state index in [9.17, 15) is 0 Å². The second-order valence-corrected chi connectivity index (χ2v) is 5.58. The van der Waals surface area contributed by atoms with Gasteiger partial charge < -0.3 is 5.73 Å². The Balaban J connectivity index is 1.93. The van der Waals surface area contributed by atoms with Gasteiger partial charge in [0.15, 0.2) is 4.34 Å². The van der Waals surface area contributed by atoms with Crippen LogP contribution in [-0.4, -0.2) is 15.1 Å². The Morgan fingerprint density at radius 1 is 1.38 bits per heavy atom. The Labute approximate surface area is 103 Å². The molecule has 2 N–H and O–H groups in total. The summed E-state index contributed by atoms with van der Waals surface area (Å²) in [5.41, 5.74) is 8.52. The van der Waals surface area contributed by atoms with E-state index in [4.69, 9.17) is 5.73 Å². The molecule has 0 radical (unpaired) electrons. The van der Waals surface area contributed by atoms with Gasteiger partial charge in [0.05, 0.1) is 0 Å². The van der Waals surface area contributed by atoms with Crippen LogP contribution in [0.25, 0.3) is 0 Å². The van der Waals surface area contributed by atoms with Crippen LogP contribution in [0.1, 0.15) is 17.2 Å². The third-order valence-corrected chi connectivity index (χ3v) is 4.15. The first kappa shape index (κ1) is 11.6. The normalized spacial score (nSPS) is 12.6. The zero-order valence-corrected chi connectivity index (χ0v) is 10.6. The van der Waals surface area contributed by atoms with Gasteiger partial charge in [-0.2, -0.15) is 4.37 Å². The van der Waals surface area contributed by atoms with Crippen LogP contribution in [0.3, 0.4) is 0 Å². The Hall–Kier alpha value is -0.910. The smallest absolute Gasteiger partial charge is 0.169 e. The van der Waals surface area contributed by atoms with Crippen LogP contribution in [-0.2, 0) is 0 Å². The fourth-order valence-electron chi connectivity index (χ4n) is 1.30. The molecule has 0 aliphatic heterocycles. The molecule has 0 saturated carbocycles. The summed E-state index contributed by atoms with van der Waals surface area (Å²) >= 11 is 3.06. The summed E-state index contributed by atoms with van der Waals surface area (Å²) in [5.74, 6) is 0.832. The highest BCUT2D eigenvalue weighted by molar-refractivity contribution is 8.00. The van der Waals surface area contributed by atoms with Gasteiger partial charge in [0.25, 0.3) is 0 Å². The number of hydrogen-bond donors (Lipinski definition) is 1. The van der Waals surface area contributed by atoms with Crippen molar-refractivity contribution in [3.05, 3.63) is 41.7 Å². The van der Waals surface area contributed by atoms with Crippen LogP contribution in [0.5, 0.6) is 0 Å². The highest BCUT2D eigenvalue weighted by Crippen LogP contribution is 2.23. The third kappa shape index (κ3) is 3.04. The van der Waals surface area contributed by atoms with Crippen molar-refractivity contribution in [2.24, 2.45) is 5.73 Å². The van der Waals surface area contributed by atoms with Gasteiger partial charge in [0.2, 0.25) is 0 Å².